The van der Waals surface area contributed by atoms with E-state index in [0.717, 1.165) is 0 Å². The van der Waals surface area contributed by atoms with Crippen LogP contribution >= 0.6 is 0 Å². The summed E-state index contributed by atoms with van der Waals surface area (Å²) in [6.07, 6.45) is -3.14. The quantitative estimate of drug-likeness (QED) is 0.0777. The van der Waals surface area contributed by atoms with Gasteiger partial charge in [-0.15, -0.1) is 0 Å². The zero-order chi connectivity index (χ0) is 36.5. The number of hydrogen-bond donors (Lipinski definition) is 6. The summed E-state index contributed by atoms with van der Waals surface area (Å²) in [6.45, 7) is 9.47. The van der Waals surface area contributed by atoms with Gasteiger partial charge in [0.25, 0.3) is 0 Å². The maximum atomic E-state index is 12.9. The third-order valence-corrected chi connectivity index (χ3v) is 7.34. The van der Waals surface area contributed by atoms with E-state index >= 15 is 0 Å². The first kappa shape index (κ1) is 41.1. The van der Waals surface area contributed by atoms with E-state index in [1.165, 1.54) is 19.1 Å². The molecule has 16 heteroatoms. The minimum atomic E-state index is -1.30. The molecule has 1 aliphatic rings. The van der Waals surface area contributed by atoms with E-state index < -0.39 is 60.7 Å². The predicted molar refractivity (Wildman–Crippen MR) is 175 cm³/mol. The number of amides is 3. The number of aliphatic hydroxyl groups excluding tert-OH is 1. The lowest BCUT2D eigenvalue weighted by Gasteiger charge is -2.31. The minimum absolute atomic E-state index is 0.000734. The second kappa shape index (κ2) is 21.1. The Balaban J connectivity index is 1.90. The highest BCUT2D eigenvalue weighted by molar-refractivity contribution is 5.97. The number of carboxylic acid groups (broad SMARTS) is 1. The number of benzene rings is 1. The van der Waals surface area contributed by atoms with Crippen molar-refractivity contribution in [3.05, 3.63) is 23.8 Å². The molecule has 4 atom stereocenters. The van der Waals surface area contributed by atoms with Crippen molar-refractivity contribution in [1.82, 2.24) is 16.0 Å². The van der Waals surface area contributed by atoms with Gasteiger partial charge in [0.15, 0.2) is 6.10 Å². The van der Waals surface area contributed by atoms with Crippen LogP contribution < -0.4 is 26.0 Å². The van der Waals surface area contributed by atoms with Crippen molar-refractivity contribution < 1.29 is 57.9 Å². The van der Waals surface area contributed by atoms with E-state index in [4.69, 9.17) is 18.9 Å². The summed E-state index contributed by atoms with van der Waals surface area (Å²) in [7, 11) is 0. The molecule has 1 saturated heterocycles. The summed E-state index contributed by atoms with van der Waals surface area (Å²) >= 11 is 0. The molecular formula is C33H50N4O12. The standard InChI is InChI=1S/C33H50N4O12/c1-19(2)25(40)8-10-34-11-13-46-12-9-28(41)37-31(20(3)4)32(43)35-17-29(42)36-24-7-6-22(18-47-21(5)38)14-26(24)48-30-16-23(39)15-27(49-30)33(44)45/h6-7,14,19-20,23,27,30-31,34,39H,8-13,15-18H2,1-5H3,(H,35,43)(H,36,42)(H,37,41)(H,44,45). The number of carboxylic acids is 1. The van der Waals surface area contributed by atoms with E-state index in [2.05, 4.69) is 21.3 Å². The Morgan fingerprint density at radius 3 is 2.37 bits per heavy atom. The van der Waals surface area contributed by atoms with Crippen molar-refractivity contribution in [2.24, 2.45) is 11.8 Å². The Labute approximate surface area is 285 Å². The van der Waals surface area contributed by atoms with Crippen molar-refractivity contribution in [2.45, 2.75) is 91.4 Å². The second-order valence-electron chi connectivity index (χ2n) is 12.3. The number of esters is 1. The Bertz CT molecular complexity index is 1290. The minimum Gasteiger partial charge on any atom is -0.479 e. The molecule has 0 aliphatic carbocycles. The van der Waals surface area contributed by atoms with Gasteiger partial charge >= 0.3 is 11.9 Å². The van der Waals surface area contributed by atoms with Gasteiger partial charge in [0.05, 0.1) is 31.5 Å². The number of Topliss-reactive ketones (excluding diaryl/α,β-unsaturated/α-hetero) is 1. The Morgan fingerprint density at radius 1 is 0.980 bits per heavy atom. The molecule has 16 nitrogen and oxygen atoms in total. The largest absolute Gasteiger partial charge is 0.479 e. The predicted octanol–water partition coefficient (Wildman–Crippen LogP) is 0.886. The molecular weight excluding hydrogens is 644 g/mol. The molecule has 2 rings (SSSR count). The first-order valence-electron chi connectivity index (χ1n) is 16.3. The molecule has 1 aromatic carbocycles. The average Bonchev–Trinajstić information content (AvgIpc) is 3.03. The second-order valence-corrected chi connectivity index (χ2v) is 12.3. The number of carbonyl (C=O) groups is 6. The highest BCUT2D eigenvalue weighted by Gasteiger charge is 2.34. The highest BCUT2D eigenvalue weighted by Crippen LogP contribution is 2.31. The van der Waals surface area contributed by atoms with Crippen molar-refractivity contribution in [3.63, 3.8) is 0 Å². The number of hydrogen-bond acceptors (Lipinski definition) is 12. The average molecular weight is 695 g/mol. The number of aliphatic hydroxyl groups is 1. The van der Waals surface area contributed by atoms with Crippen LogP contribution in [0.1, 0.15) is 65.9 Å². The first-order chi connectivity index (χ1) is 23.2. The Kier molecular flexibility index (Phi) is 17.7. The maximum absolute atomic E-state index is 12.9. The molecule has 4 unspecified atom stereocenters. The van der Waals surface area contributed by atoms with Gasteiger partial charge in [0.1, 0.15) is 24.2 Å². The lowest BCUT2D eigenvalue weighted by molar-refractivity contribution is -0.195. The molecule has 1 aliphatic heterocycles. The van der Waals surface area contributed by atoms with Crippen LogP contribution in [0.4, 0.5) is 5.69 Å². The monoisotopic (exact) mass is 694 g/mol. The molecule has 0 radical (unpaired) electrons. The molecule has 6 N–H and O–H groups in total. The van der Waals surface area contributed by atoms with Gasteiger partial charge in [0, 0.05) is 51.6 Å². The lowest BCUT2D eigenvalue weighted by atomic mass is 10.0. The van der Waals surface area contributed by atoms with Crippen LogP contribution in [0.5, 0.6) is 5.75 Å². The van der Waals surface area contributed by atoms with Crippen molar-refractivity contribution in [3.8, 4) is 5.75 Å². The first-order valence-corrected chi connectivity index (χ1v) is 16.3. The normalized spacial score (nSPS) is 18.0. The van der Waals surface area contributed by atoms with Gasteiger partial charge in [-0.25, -0.2) is 4.79 Å². The zero-order valence-corrected chi connectivity index (χ0v) is 28.7. The molecule has 0 spiro atoms. The summed E-state index contributed by atoms with van der Waals surface area (Å²) in [5.41, 5.74) is 0.643. The molecule has 1 heterocycles. The molecule has 3 amide bonds. The maximum Gasteiger partial charge on any atom is 0.333 e. The molecule has 49 heavy (non-hydrogen) atoms. The number of aliphatic carboxylic acids is 1. The molecule has 274 valence electrons. The van der Waals surface area contributed by atoms with Crippen molar-refractivity contribution in [2.75, 3.05) is 38.2 Å². The Morgan fingerprint density at radius 2 is 1.71 bits per heavy atom. The van der Waals surface area contributed by atoms with Crippen LogP contribution in [0.2, 0.25) is 0 Å². The van der Waals surface area contributed by atoms with Crippen LogP contribution in [0.3, 0.4) is 0 Å². The number of anilines is 1. The molecule has 1 fully saturated rings. The number of rotatable bonds is 21. The van der Waals surface area contributed by atoms with E-state index in [1.54, 1.807) is 19.9 Å². The highest BCUT2D eigenvalue weighted by atomic mass is 16.7. The summed E-state index contributed by atoms with van der Waals surface area (Å²) in [5.74, 6) is -3.44. The van der Waals surface area contributed by atoms with Gasteiger partial charge in [-0.1, -0.05) is 33.8 Å². The van der Waals surface area contributed by atoms with Crippen LogP contribution in [-0.2, 0) is 49.6 Å². The lowest BCUT2D eigenvalue weighted by Crippen LogP contribution is -2.51. The third kappa shape index (κ3) is 15.8. The van der Waals surface area contributed by atoms with Crippen LogP contribution in [0, 0.1) is 11.8 Å². The smallest absolute Gasteiger partial charge is 0.333 e. The fourth-order valence-electron chi connectivity index (χ4n) is 4.57. The van der Waals surface area contributed by atoms with Gasteiger partial charge in [-0.3, -0.25) is 24.0 Å². The van der Waals surface area contributed by atoms with Gasteiger partial charge in [0.2, 0.25) is 24.0 Å². The number of nitrogens with one attached hydrogen (secondary N) is 4. The topological polar surface area (TPSA) is 228 Å². The fraction of sp³-hybridized carbons (Fsp3) is 0.636. The Hall–Kier alpha value is -4.12. The van der Waals surface area contributed by atoms with Crippen molar-refractivity contribution in [1.29, 1.82) is 0 Å². The van der Waals surface area contributed by atoms with E-state index in [9.17, 15) is 39.0 Å². The van der Waals surface area contributed by atoms with Gasteiger partial charge < -0.3 is 50.4 Å². The van der Waals surface area contributed by atoms with Crippen LogP contribution in [-0.4, -0.2) is 103 Å². The third-order valence-electron chi connectivity index (χ3n) is 7.34. The summed E-state index contributed by atoms with van der Waals surface area (Å²) in [6, 6.07) is 3.60. The zero-order valence-electron chi connectivity index (χ0n) is 28.7. The summed E-state index contributed by atoms with van der Waals surface area (Å²) in [5, 5.41) is 30.4. The molecule has 1 aromatic rings. The van der Waals surface area contributed by atoms with E-state index in [-0.39, 0.29) is 61.5 Å². The van der Waals surface area contributed by atoms with Gasteiger partial charge in [-0.05, 0) is 23.6 Å². The molecule has 0 aromatic heterocycles. The van der Waals surface area contributed by atoms with Crippen molar-refractivity contribution >= 4 is 41.1 Å². The van der Waals surface area contributed by atoms with Crippen LogP contribution in [0.25, 0.3) is 0 Å². The summed E-state index contributed by atoms with van der Waals surface area (Å²) in [4.78, 5) is 72.7. The number of carbonyl (C=O) groups excluding carboxylic acids is 5. The van der Waals surface area contributed by atoms with Gasteiger partial charge in [-0.2, -0.15) is 0 Å². The number of ether oxygens (including phenoxy) is 4. The number of ketones is 1. The van der Waals surface area contributed by atoms with E-state index in [0.29, 0.717) is 31.7 Å². The molecule has 0 saturated carbocycles. The molecule has 0 bridgehead atoms. The van der Waals surface area contributed by atoms with E-state index in [1.807, 2.05) is 13.8 Å². The SMILES string of the molecule is CC(=O)OCc1ccc(NC(=O)CNC(=O)C(NC(=O)CCOCCNCCC(=O)C(C)C)C(C)C)c(OC2CC(O)CC(C(=O)O)O2)c1. The summed E-state index contributed by atoms with van der Waals surface area (Å²) < 4.78 is 21.8. The fourth-order valence-corrected chi connectivity index (χ4v) is 4.57. The van der Waals surface area contributed by atoms with Crippen LogP contribution in [0.15, 0.2) is 18.2 Å².